The van der Waals surface area contributed by atoms with Crippen molar-refractivity contribution in [1.82, 2.24) is 25.1 Å². The number of rotatable bonds is 4. The van der Waals surface area contributed by atoms with E-state index in [0.29, 0.717) is 12.5 Å². The van der Waals surface area contributed by atoms with Crippen LogP contribution in [0.25, 0.3) is 0 Å². The van der Waals surface area contributed by atoms with Crippen LogP contribution in [0.3, 0.4) is 0 Å². The predicted molar refractivity (Wildman–Crippen MR) is 89.7 cm³/mol. The number of pyridine rings is 1. The zero-order valence-electron chi connectivity index (χ0n) is 14.7. The second-order valence-corrected chi connectivity index (χ2v) is 7.06. The molecule has 7 heteroatoms. The minimum Gasteiger partial charge on any atom is -0.472 e. The Hall–Kier alpha value is -1.99. The number of ether oxygens (including phenoxy) is 2. The number of nitrogens with one attached hydrogen (secondary N) is 1. The number of hydrogen-bond acceptors (Lipinski definition) is 6. The molecule has 0 amide bonds. The van der Waals surface area contributed by atoms with Gasteiger partial charge in [-0.05, 0) is 33.8 Å². The zero-order valence-corrected chi connectivity index (χ0v) is 14.7. The molecule has 1 unspecified atom stereocenters. The fourth-order valence-corrected chi connectivity index (χ4v) is 2.65. The maximum absolute atomic E-state index is 5.85. The van der Waals surface area contributed by atoms with E-state index in [1.165, 1.54) is 0 Å². The van der Waals surface area contributed by atoms with Gasteiger partial charge in [0.1, 0.15) is 17.5 Å². The quantitative estimate of drug-likeness (QED) is 0.926. The third-order valence-corrected chi connectivity index (χ3v) is 3.63. The Balaban J connectivity index is 1.64. The van der Waals surface area contributed by atoms with Crippen molar-refractivity contribution >= 4 is 0 Å². The summed E-state index contributed by atoms with van der Waals surface area (Å²) in [6.07, 6.45) is -0.0993. The minimum absolute atomic E-state index is 0.0993. The van der Waals surface area contributed by atoms with Gasteiger partial charge in [0.25, 0.3) is 0 Å². The summed E-state index contributed by atoms with van der Waals surface area (Å²) in [6, 6.07) is 5.91. The van der Waals surface area contributed by atoms with Crippen molar-refractivity contribution in [2.45, 2.75) is 45.9 Å². The molecule has 0 aliphatic carbocycles. The zero-order chi connectivity index (χ0) is 17.2. The fourth-order valence-electron chi connectivity index (χ4n) is 2.65. The van der Waals surface area contributed by atoms with Crippen molar-refractivity contribution in [1.29, 1.82) is 0 Å². The van der Waals surface area contributed by atoms with E-state index >= 15 is 0 Å². The van der Waals surface area contributed by atoms with Crippen molar-refractivity contribution in [2.24, 2.45) is 0 Å². The number of aromatic nitrogens is 4. The molecule has 0 aromatic carbocycles. The first kappa shape index (κ1) is 16.9. The number of morpholine rings is 1. The van der Waals surface area contributed by atoms with Crippen LogP contribution in [0.4, 0.5) is 0 Å². The Labute approximate surface area is 142 Å². The maximum Gasteiger partial charge on any atom is 0.213 e. The first-order valence-corrected chi connectivity index (χ1v) is 8.27. The van der Waals surface area contributed by atoms with Crippen LogP contribution in [-0.4, -0.2) is 50.4 Å². The Bertz CT molecular complexity index is 680. The van der Waals surface area contributed by atoms with Crippen LogP contribution in [0, 0.1) is 6.92 Å². The normalized spacial score (nSPS) is 19.4. The Kier molecular flexibility index (Phi) is 4.82. The monoisotopic (exact) mass is 331 g/mol. The summed E-state index contributed by atoms with van der Waals surface area (Å²) in [5, 5.41) is 7.08. The van der Waals surface area contributed by atoms with E-state index in [2.05, 4.69) is 25.1 Å². The summed E-state index contributed by atoms with van der Waals surface area (Å²) in [4.78, 5) is 11.3. The molecule has 130 valence electrons. The maximum atomic E-state index is 5.85. The molecule has 1 aliphatic heterocycles. The van der Waals surface area contributed by atoms with E-state index < -0.39 is 0 Å². The Morgan fingerprint density at radius 3 is 2.88 bits per heavy atom. The van der Waals surface area contributed by atoms with Crippen molar-refractivity contribution in [3.8, 4) is 5.88 Å². The second kappa shape index (κ2) is 6.86. The molecule has 3 heterocycles. The molecule has 1 saturated heterocycles. The van der Waals surface area contributed by atoms with Gasteiger partial charge in [0.05, 0.1) is 12.3 Å². The fraction of sp³-hybridized carbons (Fsp3) is 0.588. The Morgan fingerprint density at radius 2 is 2.17 bits per heavy atom. The first-order valence-electron chi connectivity index (χ1n) is 8.27. The van der Waals surface area contributed by atoms with Gasteiger partial charge in [0.2, 0.25) is 5.88 Å². The summed E-state index contributed by atoms with van der Waals surface area (Å²) >= 11 is 0. The van der Waals surface area contributed by atoms with E-state index in [0.717, 1.165) is 37.0 Å². The van der Waals surface area contributed by atoms with Gasteiger partial charge in [-0.25, -0.2) is 9.97 Å². The number of H-pyrrole nitrogens is 1. The van der Waals surface area contributed by atoms with E-state index in [-0.39, 0.29) is 11.7 Å². The van der Waals surface area contributed by atoms with Crippen LogP contribution >= 0.6 is 0 Å². The third kappa shape index (κ3) is 4.52. The van der Waals surface area contributed by atoms with Gasteiger partial charge in [0.15, 0.2) is 5.82 Å². The van der Waals surface area contributed by atoms with Crippen molar-refractivity contribution in [3.63, 3.8) is 0 Å². The summed E-state index contributed by atoms with van der Waals surface area (Å²) in [5.41, 5.74) is 0.739. The van der Waals surface area contributed by atoms with Gasteiger partial charge in [0, 0.05) is 25.7 Å². The molecular weight excluding hydrogens is 306 g/mol. The highest BCUT2D eigenvalue weighted by Gasteiger charge is 2.25. The second-order valence-electron chi connectivity index (χ2n) is 7.06. The Morgan fingerprint density at radius 1 is 1.33 bits per heavy atom. The van der Waals surface area contributed by atoms with Crippen molar-refractivity contribution < 1.29 is 9.47 Å². The standard InChI is InChI=1S/C17H25N5O2/c1-12-18-16(21-20-12)14-11-22(8-9-23-14)10-13-6-5-7-15(19-13)24-17(2,3)4/h5-7,14H,8-11H2,1-4H3,(H,18,20,21). The summed E-state index contributed by atoms with van der Waals surface area (Å²) in [7, 11) is 0. The average Bonchev–Trinajstić information content (AvgIpc) is 2.93. The summed E-state index contributed by atoms with van der Waals surface area (Å²) in [5.74, 6) is 2.18. The molecule has 0 spiro atoms. The molecule has 1 N–H and O–H groups in total. The van der Waals surface area contributed by atoms with Crippen LogP contribution < -0.4 is 4.74 Å². The van der Waals surface area contributed by atoms with Gasteiger partial charge >= 0.3 is 0 Å². The highest BCUT2D eigenvalue weighted by atomic mass is 16.5. The van der Waals surface area contributed by atoms with E-state index in [9.17, 15) is 0 Å². The molecule has 0 bridgehead atoms. The lowest BCUT2D eigenvalue weighted by atomic mass is 10.2. The molecular formula is C17H25N5O2. The largest absolute Gasteiger partial charge is 0.472 e. The van der Waals surface area contributed by atoms with Gasteiger partial charge in [-0.2, -0.15) is 5.10 Å². The predicted octanol–water partition coefficient (Wildman–Crippen LogP) is 2.26. The van der Waals surface area contributed by atoms with Crippen LogP contribution in [0.5, 0.6) is 5.88 Å². The van der Waals surface area contributed by atoms with E-state index in [1.54, 1.807) is 0 Å². The minimum atomic E-state index is -0.251. The van der Waals surface area contributed by atoms with Crippen LogP contribution in [0.15, 0.2) is 18.2 Å². The highest BCUT2D eigenvalue weighted by Crippen LogP contribution is 2.21. The third-order valence-electron chi connectivity index (χ3n) is 3.63. The van der Waals surface area contributed by atoms with Gasteiger partial charge in [-0.15, -0.1) is 0 Å². The average molecular weight is 331 g/mol. The van der Waals surface area contributed by atoms with Gasteiger partial charge < -0.3 is 9.47 Å². The molecule has 1 aliphatic rings. The molecule has 3 rings (SSSR count). The smallest absolute Gasteiger partial charge is 0.213 e. The summed E-state index contributed by atoms with van der Waals surface area (Å²) < 4.78 is 11.6. The molecule has 2 aromatic heterocycles. The topological polar surface area (TPSA) is 76.2 Å². The van der Waals surface area contributed by atoms with Crippen molar-refractivity contribution in [3.05, 3.63) is 35.5 Å². The lowest BCUT2D eigenvalue weighted by Crippen LogP contribution is -2.38. The SMILES string of the molecule is Cc1nc(C2CN(Cc3cccc(OC(C)(C)C)n3)CCO2)n[nH]1. The molecule has 0 saturated carbocycles. The van der Waals surface area contributed by atoms with E-state index in [4.69, 9.17) is 9.47 Å². The van der Waals surface area contributed by atoms with Crippen LogP contribution in [0.2, 0.25) is 0 Å². The lowest BCUT2D eigenvalue weighted by Gasteiger charge is -2.31. The molecule has 2 aromatic rings. The van der Waals surface area contributed by atoms with Gasteiger partial charge in [-0.1, -0.05) is 6.07 Å². The first-order chi connectivity index (χ1) is 11.4. The number of hydrogen-bond donors (Lipinski definition) is 1. The molecule has 0 radical (unpaired) electrons. The molecule has 1 atom stereocenters. The number of nitrogens with zero attached hydrogens (tertiary/aromatic N) is 4. The van der Waals surface area contributed by atoms with E-state index in [1.807, 2.05) is 45.9 Å². The number of aryl methyl sites for hydroxylation is 1. The molecule has 7 nitrogen and oxygen atoms in total. The van der Waals surface area contributed by atoms with Crippen LogP contribution in [-0.2, 0) is 11.3 Å². The lowest BCUT2D eigenvalue weighted by molar-refractivity contribution is -0.0374. The highest BCUT2D eigenvalue weighted by molar-refractivity contribution is 5.16. The molecule has 24 heavy (non-hydrogen) atoms. The van der Waals surface area contributed by atoms with Crippen LogP contribution in [0.1, 0.15) is 44.2 Å². The van der Waals surface area contributed by atoms with Gasteiger partial charge in [-0.3, -0.25) is 10.00 Å². The number of aromatic amines is 1. The molecule has 1 fully saturated rings. The van der Waals surface area contributed by atoms with Crippen molar-refractivity contribution in [2.75, 3.05) is 19.7 Å². The summed E-state index contributed by atoms with van der Waals surface area (Å²) in [6.45, 7) is 11.0.